The molecule has 1 aliphatic rings. The fourth-order valence-corrected chi connectivity index (χ4v) is 2.77. The normalized spacial score (nSPS) is 14.5. The number of aryl methyl sites for hydroxylation is 2. The van der Waals surface area contributed by atoms with E-state index in [0.29, 0.717) is 5.75 Å². The number of nitrogens with zero attached hydrogens (tertiary/aromatic N) is 2. The lowest BCUT2D eigenvalue weighted by atomic mass is 9.96. The molecule has 116 valence electrons. The van der Waals surface area contributed by atoms with E-state index in [4.69, 9.17) is 9.47 Å². The Morgan fingerprint density at radius 1 is 1.14 bits per heavy atom. The molecule has 0 amide bonds. The first kappa shape index (κ1) is 15.0. The van der Waals surface area contributed by atoms with Crippen molar-refractivity contribution in [1.82, 2.24) is 9.97 Å². The van der Waals surface area contributed by atoms with Gasteiger partial charge in [0.1, 0.15) is 17.0 Å². The van der Waals surface area contributed by atoms with Crippen molar-refractivity contribution in [2.24, 2.45) is 0 Å². The van der Waals surface area contributed by atoms with Gasteiger partial charge in [-0.2, -0.15) is 0 Å². The Morgan fingerprint density at radius 3 is 2.77 bits per heavy atom. The van der Waals surface area contributed by atoms with Crippen LogP contribution in [0.5, 0.6) is 11.5 Å². The third kappa shape index (κ3) is 2.97. The number of methoxy groups -OCH3 is 1. The van der Waals surface area contributed by atoms with Crippen molar-refractivity contribution in [2.75, 3.05) is 7.11 Å². The van der Waals surface area contributed by atoms with Gasteiger partial charge in [0, 0.05) is 19.0 Å². The molecule has 0 bridgehead atoms. The molecule has 0 atom stereocenters. The predicted molar refractivity (Wildman–Crippen MR) is 85.2 cm³/mol. The number of fused-ring (bicyclic) bond motifs is 1. The summed E-state index contributed by atoms with van der Waals surface area (Å²) in [6, 6.07) is 5.90. The van der Waals surface area contributed by atoms with Crippen molar-refractivity contribution in [2.45, 2.75) is 45.1 Å². The number of hydrogen-bond acceptors (Lipinski definition) is 4. The summed E-state index contributed by atoms with van der Waals surface area (Å²) in [5.41, 5.74) is 2.80. The Morgan fingerprint density at radius 2 is 1.95 bits per heavy atom. The van der Waals surface area contributed by atoms with Crippen LogP contribution in [0.1, 0.15) is 43.6 Å². The summed E-state index contributed by atoms with van der Waals surface area (Å²) in [7, 11) is 1.68. The topological polar surface area (TPSA) is 44.2 Å². The van der Waals surface area contributed by atoms with Crippen LogP contribution in [-0.4, -0.2) is 17.1 Å². The monoisotopic (exact) mass is 298 g/mol. The van der Waals surface area contributed by atoms with Crippen LogP contribution in [0.25, 0.3) is 0 Å². The van der Waals surface area contributed by atoms with Crippen molar-refractivity contribution in [1.29, 1.82) is 0 Å². The molecule has 3 rings (SSSR count). The Balaban J connectivity index is 1.91. The Kier molecular flexibility index (Phi) is 4.12. The van der Waals surface area contributed by atoms with Gasteiger partial charge in [0.15, 0.2) is 5.75 Å². The summed E-state index contributed by atoms with van der Waals surface area (Å²) in [5.74, 6) is 1.48. The van der Waals surface area contributed by atoms with Crippen LogP contribution in [0.4, 0.5) is 0 Å². The van der Waals surface area contributed by atoms with E-state index < -0.39 is 5.60 Å². The molecule has 0 saturated carbocycles. The molecule has 0 radical (unpaired) electrons. The van der Waals surface area contributed by atoms with E-state index in [9.17, 15) is 0 Å². The van der Waals surface area contributed by atoms with Gasteiger partial charge in [-0.25, -0.2) is 0 Å². The molecule has 0 unspecified atom stereocenters. The first-order chi connectivity index (χ1) is 10.6. The molecule has 0 spiro atoms. The molecule has 0 N–H and O–H groups in total. The molecule has 22 heavy (non-hydrogen) atoms. The second-order valence-electron chi connectivity index (χ2n) is 6.15. The zero-order chi connectivity index (χ0) is 15.6. The van der Waals surface area contributed by atoms with Crippen LogP contribution in [0.3, 0.4) is 0 Å². The maximum Gasteiger partial charge on any atom is 0.151 e. The maximum absolute atomic E-state index is 6.06. The van der Waals surface area contributed by atoms with E-state index in [1.165, 1.54) is 24.1 Å². The van der Waals surface area contributed by atoms with Crippen molar-refractivity contribution in [3.63, 3.8) is 0 Å². The Bertz CT molecular complexity index is 668. The van der Waals surface area contributed by atoms with E-state index in [1.807, 2.05) is 26.0 Å². The second kappa shape index (κ2) is 6.05. The van der Waals surface area contributed by atoms with Crippen LogP contribution in [0, 0.1) is 0 Å². The Labute approximate surface area is 131 Å². The van der Waals surface area contributed by atoms with E-state index in [0.717, 1.165) is 24.3 Å². The summed E-state index contributed by atoms with van der Waals surface area (Å²) in [5, 5.41) is 0. The molecule has 0 saturated heterocycles. The van der Waals surface area contributed by atoms with Crippen molar-refractivity contribution in [3.8, 4) is 11.5 Å². The number of hydrogen-bond donors (Lipinski definition) is 0. The highest BCUT2D eigenvalue weighted by Gasteiger charge is 2.26. The van der Waals surface area contributed by atoms with Gasteiger partial charge in [0.05, 0.1) is 6.20 Å². The molecule has 0 aromatic carbocycles. The fourth-order valence-electron chi connectivity index (χ4n) is 2.77. The van der Waals surface area contributed by atoms with Gasteiger partial charge in [-0.1, -0.05) is 0 Å². The van der Waals surface area contributed by atoms with Gasteiger partial charge < -0.3 is 9.47 Å². The zero-order valence-corrected chi connectivity index (χ0v) is 13.4. The highest BCUT2D eigenvalue weighted by Crippen LogP contribution is 2.33. The largest absolute Gasteiger partial charge is 0.454 e. The highest BCUT2D eigenvalue weighted by atomic mass is 16.5. The second-order valence-corrected chi connectivity index (χ2v) is 6.15. The summed E-state index contributed by atoms with van der Waals surface area (Å²) >= 11 is 0. The molecule has 4 nitrogen and oxygen atoms in total. The molecule has 4 heteroatoms. The summed E-state index contributed by atoms with van der Waals surface area (Å²) in [4.78, 5) is 8.99. The van der Waals surface area contributed by atoms with Crippen LogP contribution in [0.2, 0.25) is 0 Å². The Hall–Kier alpha value is -1.94. The van der Waals surface area contributed by atoms with Crippen molar-refractivity contribution < 1.29 is 9.47 Å². The van der Waals surface area contributed by atoms with Crippen molar-refractivity contribution >= 4 is 0 Å². The third-order valence-electron chi connectivity index (χ3n) is 4.22. The lowest BCUT2D eigenvalue weighted by Crippen LogP contribution is -2.21. The quantitative estimate of drug-likeness (QED) is 0.855. The van der Waals surface area contributed by atoms with Gasteiger partial charge in [-0.15, -0.1) is 0 Å². The number of rotatable bonds is 4. The standard InChI is InChI=1S/C18H22N2O2/c1-18(2,21-3)17-16(9-6-10-19-17)22-14-11-13-7-4-5-8-15(13)20-12-14/h6,9-12H,4-5,7-8H2,1-3H3. The van der Waals surface area contributed by atoms with E-state index >= 15 is 0 Å². The van der Waals surface area contributed by atoms with Crippen LogP contribution in [-0.2, 0) is 23.2 Å². The van der Waals surface area contributed by atoms with Gasteiger partial charge in [0.2, 0.25) is 0 Å². The number of pyridine rings is 2. The molecular formula is C18H22N2O2. The third-order valence-corrected chi connectivity index (χ3v) is 4.22. The van der Waals surface area contributed by atoms with Gasteiger partial charge in [-0.05, 0) is 63.3 Å². The minimum atomic E-state index is -0.502. The van der Waals surface area contributed by atoms with Crippen molar-refractivity contribution in [3.05, 3.63) is 47.5 Å². The number of ether oxygens (including phenoxy) is 2. The SMILES string of the molecule is COC(C)(C)c1ncccc1Oc1cnc2c(c1)CCCC2. The number of aromatic nitrogens is 2. The van der Waals surface area contributed by atoms with E-state index in [-0.39, 0.29) is 0 Å². The molecule has 0 aliphatic heterocycles. The maximum atomic E-state index is 6.06. The van der Waals surface area contributed by atoms with Crippen LogP contribution >= 0.6 is 0 Å². The van der Waals surface area contributed by atoms with Gasteiger partial charge in [-0.3, -0.25) is 9.97 Å². The smallest absolute Gasteiger partial charge is 0.151 e. The molecule has 1 aliphatic carbocycles. The summed E-state index contributed by atoms with van der Waals surface area (Å²) in [6.45, 7) is 3.96. The first-order valence-corrected chi connectivity index (χ1v) is 7.76. The zero-order valence-electron chi connectivity index (χ0n) is 13.4. The predicted octanol–water partition coefficient (Wildman–Crippen LogP) is 4.03. The highest BCUT2D eigenvalue weighted by molar-refractivity contribution is 5.38. The van der Waals surface area contributed by atoms with Crippen LogP contribution in [0.15, 0.2) is 30.6 Å². The average Bonchev–Trinajstić information content (AvgIpc) is 2.55. The molecule has 2 aromatic heterocycles. The first-order valence-electron chi connectivity index (χ1n) is 7.76. The van der Waals surface area contributed by atoms with E-state index in [1.54, 1.807) is 19.5 Å². The lowest BCUT2D eigenvalue weighted by Gasteiger charge is -2.24. The fraction of sp³-hybridized carbons (Fsp3) is 0.444. The van der Waals surface area contributed by atoms with Gasteiger partial charge in [0.25, 0.3) is 0 Å². The molecule has 2 aromatic rings. The molecule has 2 heterocycles. The van der Waals surface area contributed by atoms with Gasteiger partial charge >= 0.3 is 0 Å². The average molecular weight is 298 g/mol. The molecule has 0 fully saturated rings. The lowest BCUT2D eigenvalue weighted by molar-refractivity contribution is 0.0138. The molecular weight excluding hydrogens is 276 g/mol. The summed E-state index contributed by atoms with van der Waals surface area (Å²) < 4.78 is 11.6. The minimum Gasteiger partial charge on any atom is -0.454 e. The summed E-state index contributed by atoms with van der Waals surface area (Å²) in [6.07, 6.45) is 8.18. The minimum absolute atomic E-state index is 0.502. The van der Waals surface area contributed by atoms with Crippen LogP contribution < -0.4 is 4.74 Å². The van der Waals surface area contributed by atoms with E-state index in [2.05, 4.69) is 16.0 Å².